The maximum absolute atomic E-state index is 11.7. The molecule has 0 aromatic carbocycles. The highest BCUT2D eigenvalue weighted by Gasteiger charge is 2.13. The Balaban J connectivity index is 2.56. The highest BCUT2D eigenvalue weighted by molar-refractivity contribution is 7.12. The molecule has 1 aromatic rings. The van der Waals surface area contributed by atoms with Gasteiger partial charge in [0.15, 0.2) is 5.78 Å². The van der Waals surface area contributed by atoms with Gasteiger partial charge in [-0.05, 0) is 31.8 Å². The van der Waals surface area contributed by atoms with Crippen molar-refractivity contribution < 1.29 is 4.79 Å². The number of rotatable bonds is 5. The highest BCUT2D eigenvalue weighted by atomic mass is 32.1. The summed E-state index contributed by atoms with van der Waals surface area (Å²) >= 11 is 1.52. The van der Waals surface area contributed by atoms with Crippen molar-refractivity contribution in [2.75, 3.05) is 13.1 Å². The van der Waals surface area contributed by atoms with Gasteiger partial charge >= 0.3 is 0 Å². The zero-order valence-corrected chi connectivity index (χ0v) is 9.80. The van der Waals surface area contributed by atoms with E-state index in [1.54, 1.807) is 0 Å². The van der Waals surface area contributed by atoms with Crippen LogP contribution in [0.1, 0.15) is 30.4 Å². The van der Waals surface area contributed by atoms with E-state index in [0.717, 1.165) is 11.4 Å². The van der Waals surface area contributed by atoms with Crippen LogP contribution in [0.2, 0.25) is 0 Å². The molecule has 0 saturated carbocycles. The first-order valence-corrected chi connectivity index (χ1v) is 5.83. The lowest BCUT2D eigenvalue weighted by Gasteiger charge is -2.23. The average Bonchev–Trinajstić information content (AvgIpc) is 2.65. The lowest BCUT2D eigenvalue weighted by molar-refractivity contribution is 0.0915. The molecule has 2 nitrogen and oxygen atoms in total. The molecule has 0 saturated heterocycles. The van der Waals surface area contributed by atoms with E-state index in [0.29, 0.717) is 12.6 Å². The van der Waals surface area contributed by atoms with Crippen molar-refractivity contribution in [3.63, 3.8) is 0 Å². The molecule has 0 aliphatic rings. The monoisotopic (exact) mass is 211 g/mol. The van der Waals surface area contributed by atoms with E-state index >= 15 is 0 Å². The van der Waals surface area contributed by atoms with Gasteiger partial charge in [0.2, 0.25) is 0 Å². The zero-order chi connectivity index (χ0) is 10.6. The number of likely N-dealkylation sites (N-methyl/N-ethyl adjacent to an activating group) is 1. The topological polar surface area (TPSA) is 20.3 Å². The van der Waals surface area contributed by atoms with Gasteiger partial charge < -0.3 is 0 Å². The molecular formula is C11H17NOS. The summed E-state index contributed by atoms with van der Waals surface area (Å²) in [6, 6.07) is 4.24. The molecule has 0 aliphatic carbocycles. The maximum Gasteiger partial charge on any atom is 0.186 e. The fourth-order valence-electron chi connectivity index (χ4n) is 1.36. The molecule has 0 aliphatic heterocycles. The fraction of sp³-hybridized carbons (Fsp3) is 0.545. The molecule has 78 valence electrons. The van der Waals surface area contributed by atoms with Crippen LogP contribution in [-0.2, 0) is 0 Å². The van der Waals surface area contributed by atoms with Crippen molar-refractivity contribution >= 4 is 17.1 Å². The minimum atomic E-state index is 0.232. The molecule has 0 bridgehead atoms. The van der Waals surface area contributed by atoms with E-state index in [-0.39, 0.29) is 5.78 Å². The molecular weight excluding hydrogens is 194 g/mol. The molecule has 3 heteroatoms. The second-order valence-electron chi connectivity index (χ2n) is 3.56. The van der Waals surface area contributed by atoms with Crippen LogP contribution in [0.4, 0.5) is 0 Å². The quantitative estimate of drug-likeness (QED) is 0.698. The second kappa shape index (κ2) is 5.27. The van der Waals surface area contributed by atoms with Gasteiger partial charge in [0.1, 0.15) is 0 Å². The molecule has 0 atom stereocenters. The van der Waals surface area contributed by atoms with Crippen LogP contribution in [0, 0.1) is 0 Å². The maximum atomic E-state index is 11.7. The fourth-order valence-corrected chi connectivity index (χ4v) is 2.02. The summed E-state index contributed by atoms with van der Waals surface area (Å²) in [7, 11) is 0. The van der Waals surface area contributed by atoms with Crippen molar-refractivity contribution in [2.45, 2.75) is 26.8 Å². The number of Topliss-reactive ketones (excluding diaryl/α,β-unsaturated/α-hetero) is 1. The largest absolute Gasteiger partial charge is 0.294 e. The zero-order valence-electron chi connectivity index (χ0n) is 8.99. The van der Waals surface area contributed by atoms with Gasteiger partial charge in [-0.2, -0.15) is 0 Å². The average molecular weight is 211 g/mol. The summed E-state index contributed by atoms with van der Waals surface area (Å²) in [6.45, 7) is 7.78. The summed E-state index contributed by atoms with van der Waals surface area (Å²) in [6.07, 6.45) is 0. The van der Waals surface area contributed by atoms with Gasteiger partial charge in [0.25, 0.3) is 0 Å². The summed E-state index contributed by atoms with van der Waals surface area (Å²) in [5.41, 5.74) is 0. The van der Waals surface area contributed by atoms with Crippen molar-refractivity contribution in [3.05, 3.63) is 22.4 Å². The first kappa shape index (κ1) is 11.4. The SMILES string of the molecule is CCN(CC(=O)c1cccs1)C(C)C. The molecule has 0 fully saturated rings. The predicted molar refractivity (Wildman–Crippen MR) is 61.0 cm³/mol. The van der Waals surface area contributed by atoms with Crippen LogP contribution in [0.5, 0.6) is 0 Å². The van der Waals surface area contributed by atoms with Crippen LogP contribution in [0.15, 0.2) is 17.5 Å². The number of thiophene rings is 1. The lowest BCUT2D eigenvalue weighted by Crippen LogP contribution is -2.35. The molecule has 1 aromatic heterocycles. The van der Waals surface area contributed by atoms with Crippen LogP contribution >= 0.6 is 11.3 Å². The summed E-state index contributed by atoms with van der Waals surface area (Å²) in [5.74, 6) is 0.232. The van der Waals surface area contributed by atoms with Gasteiger partial charge in [0, 0.05) is 6.04 Å². The minimum Gasteiger partial charge on any atom is -0.294 e. The Morgan fingerprint density at radius 2 is 2.29 bits per heavy atom. The number of ketones is 1. The molecule has 1 rings (SSSR count). The van der Waals surface area contributed by atoms with E-state index in [1.165, 1.54) is 11.3 Å². The molecule has 0 unspecified atom stereocenters. The number of carbonyl (C=O) groups is 1. The van der Waals surface area contributed by atoms with E-state index in [2.05, 4.69) is 25.7 Å². The van der Waals surface area contributed by atoms with E-state index in [1.807, 2.05) is 17.5 Å². The van der Waals surface area contributed by atoms with Crippen molar-refractivity contribution in [1.29, 1.82) is 0 Å². The summed E-state index contributed by atoms with van der Waals surface area (Å²) in [4.78, 5) is 14.8. The normalized spacial score (nSPS) is 11.2. The van der Waals surface area contributed by atoms with Gasteiger partial charge in [-0.15, -0.1) is 11.3 Å². The van der Waals surface area contributed by atoms with Crippen molar-refractivity contribution in [2.24, 2.45) is 0 Å². The van der Waals surface area contributed by atoms with Gasteiger partial charge in [-0.3, -0.25) is 9.69 Å². The van der Waals surface area contributed by atoms with Crippen LogP contribution in [-0.4, -0.2) is 29.8 Å². The standard InChI is InChI=1S/C11H17NOS/c1-4-12(9(2)3)8-10(13)11-6-5-7-14-11/h5-7,9H,4,8H2,1-3H3. The Kier molecular flexibility index (Phi) is 4.29. The Morgan fingerprint density at radius 3 is 2.71 bits per heavy atom. The molecule has 1 heterocycles. The Morgan fingerprint density at radius 1 is 1.57 bits per heavy atom. The number of carbonyl (C=O) groups excluding carboxylic acids is 1. The second-order valence-corrected chi connectivity index (χ2v) is 4.51. The summed E-state index contributed by atoms with van der Waals surface area (Å²) < 4.78 is 0. The number of nitrogens with zero attached hydrogens (tertiary/aromatic N) is 1. The van der Waals surface area contributed by atoms with E-state index < -0.39 is 0 Å². The first-order chi connectivity index (χ1) is 6.65. The summed E-state index contributed by atoms with van der Waals surface area (Å²) in [5, 5.41) is 1.94. The predicted octanol–water partition coefficient (Wildman–Crippen LogP) is 2.66. The Labute approximate surface area is 89.5 Å². The third-order valence-electron chi connectivity index (χ3n) is 2.28. The van der Waals surface area contributed by atoms with Crippen molar-refractivity contribution in [3.8, 4) is 0 Å². The molecule has 0 spiro atoms. The molecule has 0 amide bonds. The first-order valence-electron chi connectivity index (χ1n) is 4.96. The van der Waals surface area contributed by atoms with Crippen LogP contribution in [0.3, 0.4) is 0 Å². The number of hydrogen-bond donors (Lipinski definition) is 0. The van der Waals surface area contributed by atoms with Gasteiger partial charge in [0.05, 0.1) is 11.4 Å². The highest BCUT2D eigenvalue weighted by Crippen LogP contribution is 2.10. The lowest BCUT2D eigenvalue weighted by atomic mass is 10.2. The van der Waals surface area contributed by atoms with Crippen LogP contribution in [0.25, 0.3) is 0 Å². The van der Waals surface area contributed by atoms with Crippen LogP contribution < -0.4 is 0 Å². The molecule has 0 N–H and O–H groups in total. The van der Waals surface area contributed by atoms with E-state index in [9.17, 15) is 4.79 Å². The Bertz CT molecular complexity index is 279. The van der Waals surface area contributed by atoms with Crippen molar-refractivity contribution in [1.82, 2.24) is 4.90 Å². The Hall–Kier alpha value is -0.670. The minimum absolute atomic E-state index is 0.232. The van der Waals surface area contributed by atoms with E-state index in [4.69, 9.17) is 0 Å². The van der Waals surface area contributed by atoms with Gasteiger partial charge in [-0.1, -0.05) is 13.0 Å². The van der Waals surface area contributed by atoms with Gasteiger partial charge in [-0.25, -0.2) is 0 Å². The molecule has 0 radical (unpaired) electrons. The molecule has 14 heavy (non-hydrogen) atoms. The number of hydrogen-bond acceptors (Lipinski definition) is 3. The smallest absolute Gasteiger partial charge is 0.186 e. The third kappa shape index (κ3) is 2.93. The third-order valence-corrected chi connectivity index (χ3v) is 3.19.